The van der Waals surface area contributed by atoms with Gasteiger partial charge in [-0.25, -0.2) is 0 Å². The summed E-state index contributed by atoms with van der Waals surface area (Å²) < 4.78 is 0. The van der Waals surface area contributed by atoms with E-state index in [1.54, 1.807) is 0 Å². The summed E-state index contributed by atoms with van der Waals surface area (Å²) in [6.45, 7) is 3.95. The maximum absolute atomic E-state index is 11.8. The summed E-state index contributed by atoms with van der Waals surface area (Å²) in [5.41, 5.74) is 0. The van der Waals surface area contributed by atoms with Crippen molar-refractivity contribution in [3.63, 3.8) is 0 Å². The molecule has 8 heteroatoms. The van der Waals surface area contributed by atoms with Gasteiger partial charge in [0.15, 0.2) is 5.78 Å². The maximum Gasteiger partial charge on any atom is 0.217 e. The first-order valence-corrected chi connectivity index (χ1v) is 7.21. The van der Waals surface area contributed by atoms with E-state index in [9.17, 15) is 19.2 Å². The van der Waals surface area contributed by atoms with E-state index in [0.29, 0.717) is 0 Å². The fraction of sp³-hybridized carbons (Fsp3) is 0.636. The zero-order valence-electron chi connectivity index (χ0n) is 11.1. The van der Waals surface area contributed by atoms with E-state index in [4.69, 9.17) is 0 Å². The highest BCUT2D eigenvalue weighted by Crippen LogP contribution is 2.10. The number of hydrogen-bond donors (Lipinski definition) is 3. The molecular formula is C11H18N2O4S2. The van der Waals surface area contributed by atoms with Crippen LogP contribution in [-0.2, 0) is 19.2 Å². The zero-order valence-corrected chi connectivity index (χ0v) is 12.8. The van der Waals surface area contributed by atoms with Crippen molar-refractivity contribution in [2.45, 2.75) is 32.9 Å². The van der Waals surface area contributed by atoms with E-state index in [1.807, 2.05) is 0 Å². The van der Waals surface area contributed by atoms with Crippen molar-refractivity contribution in [2.75, 3.05) is 11.5 Å². The summed E-state index contributed by atoms with van der Waals surface area (Å²) in [5.74, 6) is -0.565. The molecule has 0 saturated carbocycles. The number of ketones is 1. The van der Waals surface area contributed by atoms with E-state index < -0.39 is 12.1 Å². The van der Waals surface area contributed by atoms with Crippen molar-refractivity contribution in [1.29, 1.82) is 0 Å². The van der Waals surface area contributed by atoms with Gasteiger partial charge in [0.05, 0.1) is 6.04 Å². The Labute approximate surface area is 121 Å². The first-order valence-electron chi connectivity index (χ1n) is 5.60. The molecule has 2 unspecified atom stereocenters. The van der Waals surface area contributed by atoms with Crippen LogP contribution in [0, 0.1) is 0 Å². The van der Waals surface area contributed by atoms with Crippen molar-refractivity contribution >= 4 is 47.1 Å². The molecule has 108 valence electrons. The largest absolute Gasteiger partial charge is 0.346 e. The monoisotopic (exact) mass is 306 g/mol. The van der Waals surface area contributed by atoms with Crippen LogP contribution in [0.1, 0.15) is 20.8 Å². The third kappa shape index (κ3) is 7.89. The van der Waals surface area contributed by atoms with Crippen LogP contribution in [0.3, 0.4) is 0 Å². The Morgan fingerprint density at radius 3 is 1.84 bits per heavy atom. The van der Waals surface area contributed by atoms with Crippen molar-refractivity contribution in [3.05, 3.63) is 0 Å². The van der Waals surface area contributed by atoms with Gasteiger partial charge >= 0.3 is 0 Å². The van der Waals surface area contributed by atoms with Gasteiger partial charge in [0.25, 0.3) is 0 Å². The van der Waals surface area contributed by atoms with Gasteiger partial charge in [-0.3, -0.25) is 19.2 Å². The van der Waals surface area contributed by atoms with Crippen LogP contribution in [0.5, 0.6) is 0 Å². The molecule has 0 radical (unpaired) electrons. The number of Topliss-reactive ketones (excluding diaryl/α,β-unsaturated/α-hetero) is 1. The number of thioether (sulfide) groups is 1. The Morgan fingerprint density at radius 2 is 1.47 bits per heavy atom. The quantitative estimate of drug-likeness (QED) is 0.565. The molecule has 0 aliphatic heterocycles. The lowest BCUT2D eigenvalue weighted by Gasteiger charge is -2.17. The second-order valence-electron chi connectivity index (χ2n) is 3.93. The van der Waals surface area contributed by atoms with Gasteiger partial charge in [-0.2, -0.15) is 12.6 Å². The number of amides is 2. The van der Waals surface area contributed by atoms with Gasteiger partial charge in [0, 0.05) is 25.4 Å². The van der Waals surface area contributed by atoms with E-state index in [0.717, 1.165) is 11.8 Å². The summed E-state index contributed by atoms with van der Waals surface area (Å²) in [4.78, 5) is 44.9. The Morgan fingerprint density at radius 1 is 1.00 bits per heavy atom. The highest BCUT2D eigenvalue weighted by Gasteiger charge is 2.22. The fourth-order valence-corrected chi connectivity index (χ4v) is 2.57. The second kappa shape index (κ2) is 8.98. The summed E-state index contributed by atoms with van der Waals surface area (Å²) >= 11 is 4.88. The van der Waals surface area contributed by atoms with Gasteiger partial charge < -0.3 is 10.6 Å². The first-order chi connectivity index (χ1) is 8.77. The molecule has 2 amide bonds. The van der Waals surface area contributed by atoms with Crippen molar-refractivity contribution in [2.24, 2.45) is 0 Å². The molecule has 0 aromatic carbocycles. The van der Waals surface area contributed by atoms with Gasteiger partial charge in [-0.15, -0.1) is 0 Å². The van der Waals surface area contributed by atoms with Crippen LogP contribution in [0.15, 0.2) is 0 Å². The van der Waals surface area contributed by atoms with Crippen LogP contribution < -0.4 is 10.6 Å². The highest BCUT2D eigenvalue weighted by atomic mass is 32.2. The molecular weight excluding hydrogens is 288 g/mol. The lowest BCUT2D eigenvalue weighted by atomic mass is 10.2. The Kier molecular flexibility index (Phi) is 8.49. The molecule has 0 aliphatic rings. The minimum atomic E-state index is -0.704. The van der Waals surface area contributed by atoms with Crippen LogP contribution in [0.4, 0.5) is 0 Å². The number of carbonyl (C=O) groups excluding carboxylic acids is 4. The Hall–Kier alpha value is -1.02. The van der Waals surface area contributed by atoms with Crippen LogP contribution in [0.2, 0.25) is 0 Å². The molecule has 0 saturated heterocycles. The van der Waals surface area contributed by atoms with E-state index in [1.165, 1.54) is 20.8 Å². The number of nitrogens with one attached hydrogen (secondary N) is 2. The molecule has 0 aromatic rings. The predicted octanol–water partition coefficient (Wildman–Crippen LogP) is -0.226. The first kappa shape index (κ1) is 18.0. The van der Waals surface area contributed by atoms with E-state index in [-0.39, 0.29) is 34.2 Å². The molecule has 0 aliphatic carbocycles. The lowest BCUT2D eigenvalue weighted by Crippen LogP contribution is -2.43. The van der Waals surface area contributed by atoms with Crippen molar-refractivity contribution < 1.29 is 19.2 Å². The minimum Gasteiger partial charge on any atom is -0.346 e. The Bertz CT molecular complexity index is 374. The third-order valence-corrected chi connectivity index (χ3v) is 3.54. The topological polar surface area (TPSA) is 92.3 Å². The molecule has 0 fully saturated rings. The van der Waals surface area contributed by atoms with E-state index in [2.05, 4.69) is 23.3 Å². The van der Waals surface area contributed by atoms with E-state index >= 15 is 0 Å². The number of thiol groups is 1. The lowest BCUT2D eigenvalue weighted by molar-refractivity contribution is -0.125. The molecule has 0 heterocycles. The van der Waals surface area contributed by atoms with Crippen molar-refractivity contribution in [1.82, 2.24) is 10.6 Å². The van der Waals surface area contributed by atoms with Crippen LogP contribution in [0.25, 0.3) is 0 Å². The SMILES string of the molecule is CC(=O)NC(CSC(=O)C(CS)NC(C)=O)C(C)=O. The van der Waals surface area contributed by atoms with Crippen molar-refractivity contribution in [3.8, 4) is 0 Å². The maximum atomic E-state index is 11.8. The number of rotatable bonds is 7. The van der Waals surface area contributed by atoms with Gasteiger partial charge in [-0.05, 0) is 6.92 Å². The smallest absolute Gasteiger partial charge is 0.217 e. The zero-order chi connectivity index (χ0) is 15.0. The van der Waals surface area contributed by atoms with Crippen LogP contribution >= 0.6 is 24.4 Å². The summed E-state index contributed by atoms with van der Waals surface area (Å²) in [5, 5.41) is 4.64. The molecule has 19 heavy (non-hydrogen) atoms. The Balaban J connectivity index is 4.41. The number of hydrogen-bond acceptors (Lipinski definition) is 6. The van der Waals surface area contributed by atoms with Gasteiger partial charge in [-0.1, -0.05) is 11.8 Å². The normalized spacial score (nSPS) is 13.3. The molecule has 0 spiro atoms. The van der Waals surface area contributed by atoms with Gasteiger partial charge in [0.2, 0.25) is 16.9 Å². The summed E-state index contributed by atoms with van der Waals surface area (Å²) in [6.07, 6.45) is 0. The standard InChI is InChI=1S/C11H18N2O4S2/c1-6(14)10(13-8(3)16)5-19-11(17)9(4-18)12-7(2)15/h9-10,18H,4-5H2,1-3H3,(H,12,15)(H,13,16). The highest BCUT2D eigenvalue weighted by molar-refractivity contribution is 8.13. The molecule has 2 N–H and O–H groups in total. The average molecular weight is 306 g/mol. The molecule has 0 bridgehead atoms. The fourth-order valence-electron chi connectivity index (χ4n) is 1.20. The van der Waals surface area contributed by atoms with Gasteiger partial charge in [0.1, 0.15) is 6.04 Å². The molecule has 0 aromatic heterocycles. The average Bonchev–Trinajstić information content (AvgIpc) is 2.29. The minimum absolute atomic E-state index is 0.137. The second-order valence-corrected chi connectivity index (χ2v) is 5.32. The van der Waals surface area contributed by atoms with Crippen LogP contribution in [-0.4, -0.2) is 46.3 Å². The summed E-state index contributed by atoms with van der Waals surface area (Å²) in [7, 11) is 0. The molecule has 2 atom stereocenters. The molecule has 6 nitrogen and oxygen atoms in total. The predicted molar refractivity (Wildman–Crippen MR) is 77.2 cm³/mol. The number of carbonyl (C=O) groups is 4. The third-order valence-electron chi connectivity index (χ3n) is 2.11. The summed E-state index contributed by atoms with van der Waals surface area (Å²) in [6, 6.07) is -1.40. The molecule has 0 rings (SSSR count).